The number of nitrogens with zero attached hydrogens (tertiary/aromatic N) is 4. The number of aromatic nitrogens is 1. The third-order valence-electron chi connectivity index (χ3n) is 2.63. The van der Waals surface area contributed by atoms with Crippen molar-refractivity contribution in [1.29, 1.82) is 5.26 Å². The summed E-state index contributed by atoms with van der Waals surface area (Å²) in [7, 11) is -3.64. The highest BCUT2D eigenvalue weighted by Crippen LogP contribution is 2.31. The predicted molar refractivity (Wildman–Crippen MR) is 68.7 cm³/mol. The Balaban J connectivity index is 2.13. The second-order valence-corrected chi connectivity index (χ2v) is 6.35. The molecule has 10 heteroatoms. The number of hydrogen-bond acceptors (Lipinski definition) is 6. The van der Waals surface area contributed by atoms with Crippen molar-refractivity contribution in [3.05, 3.63) is 10.7 Å². The van der Waals surface area contributed by atoms with E-state index in [1.165, 1.54) is 4.31 Å². The van der Waals surface area contributed by atoms with E-state index in [2.05, 4.69) is 4.37 Å². The minimum Gasteiger partial charge on any atom is -0.358 e. The van der Waals surface area contributed by atoms with E-state index in [0.717, 1.165) is 11.5 Å². The summed E-state index contributed by atoms with van der Waals surface area (Å²) in [6.45, 7) is 1.51. The number of rotatable bonds is 2. The fourth-order valence-corrected chi connectivity index (χ4v) is 3.47. The minimum atomic E-state index is -3.64. The highest BCUT2D eigenvalue weighted by atomic mass is 35.5. The molecule has 1 fully saturated rings. The molecule has 1 aromatic rings. The van der Waals surface area contributed by atoms with Crippen LogP contribution in [0, 0.1) is 11.3 Å². The van der Waals surface area contributed by atoms with Crippen LogP contribution in [0.2, 0.25) is 5.15 Å². The molecule has 7 nitrogen and oxygen atoms in total. The van der Waals surface area contributed by atoms with Gasteiger partial charge >= 0.3 is 0 Å². The molecule has 98 valence electrons. The SMILES string of the molecule is N#Cc1c(Cl)nsc1N1CCN(S(N)(=O)=O)CC1. The van der Waals surface area contributed by atoms with Crippen LogP contribution in [0.25, 0.3) is 0 Å². The molecule has 1 aliphatic heterocycles. The summed E-state index contributed by atoms with van der Waals surface area (Å²) in [5.41, 5.74) is 0.339. The molecule has 0 amide bonds. The van der Waals surface area contributed by atoms with Crippen LogP contribution in [0.3, 0.4) is 0 Å². The van der Waals surface area contributed by atoms with Gasteiger partial charge in [0.15, 0.2) is 5.15 Å². The van der Waals surface area contributed by atoms with Crippen molar-refractivity contribution >= 4 is 38.3 Å². The third-order valence-corrected chi connectivity index (χ3v) is 5.00. The number of halogens is 1. The maximum atomic E-state index is 11.2. The smallest absolute Gasteiger partial charge is 0.277 e. The lowest BCUT2D eigenvalue weighted by Crippen LogP contribution is -2.50. The molecular weight excluding hydrogens is 298 g/mol. The fraction of sp³-hybridized carbons (Fsp3) is 0.500. The monoisotopic (exact) mass is 307 g/mol. The average Bonchev–Trinajstić information content (AvgIpc) is 2.69. The van der Waals surface area contributed by atoms with Gasteiger partial charge in [-0.3, -0.25) is 0 Å². The molecule has 0 saturated carbocycles. The Morgan fingerprint density at radius 2 is 2.00 bits per heavy atom. The van der Waals surface area contributed by atoms with Crippen molar-refractivity contribution in [3.8, 4) is 6.07 Å². The Bertz CT molecular complexity index is 585. The number of nitrogens with two attached hydrogens (primary N) is 1. The van der Waals surface area contributed by atoms with Crippen LogP contribution in [-0.2, 0) is 10.2 Å². The molecule has 18 heavy (non-hydrogen) atoms. The van der Waals surface area contributed by atoms with Crippen molar-refractivity contribution in [2.24, 2.45) is 5.14 Å². The summed E-state index contributed by atoms with van der Waals surface area (Å²) >= 11 is 6.93. The van der Waals surface area contributed by atoms with Gasteiger partial charge in [-0.2, -0.15) is 22.4 Å². The van der Waals surface area contributed by atoms with Gasteiger partial charge in [0.1, 0.15) is 16.6 Å². The zero-order valence-corrected chi connectivity index (χ0v) is 11.6. The summed E-state index contributed by atoms with van der Waals surface area (Å²) in [6, 6.07) is 2.00. The van der Waals surface area contributed by atoms with E-state index >= 15 is 0 Å². The molecule has 1 aromatic heterocycles. The largest absolute Gasteiger partial charge is 0.358 e. The molecule has 0 spiro atoms. The van der Waals surface area contributed by atoms with Gasteiger partial charge in [0.05, 0.1) is 0 Å². The van der Waals surface area contributed by atoms with Crippen molar-refractivity contribution in [3.63, 3.8) is 0 Å². The van der Waals surface area contributed by atoms with E-state index in [4.69, 9.17) is 22.0 Å². The van der Waals surface area contributed by atoms with Crippen LogP contribution in [0.5, 0.6) is 0 Å². The van der Waals surface area contributed by atoms with E-state index < -0.39 is 10.2 Å². The molecule has 0 atom stereocenters. The summed E-state index contributed by atoms with van der Waals surface area (Å²) in [5, 5.41) is 14.9. The molecule has 0 unspecified atom stereocenters. The molecular formula is C8H10ClN5O2S2. The summed E-state index contributed by atoms with van der Waals surface area (Å²) in [6.07, 6.45) is 0. The molecule has 2 N–H and O–H groups in total. The van der Waals surface area contributed by atoms with Crippen molar-refractivity contribution in [2.45, 2.75) is 0 Å². The zero-order valence-electron chi connectivity index (χ0n) is 9.21. The first-order valence-electron chi connectivity index (χ1n) is 5.01. The molecule has 1 saturated heterocycles. The molecule has 0 radical (unpaired) electrons. The highest BCUT2D eigenvalue weighted by molar-refractivity contribution is 7.86. The first-order chi connectivity index (χ1) is 8.43. The number of hydrogen-bond donors (Lipinski definition) is 1. The molecule has 0 aliphatic carbocycles. The van der Waals surface area contributed by atoms with Crippen LogP contribution in [0.4, 0.5) is 5.00 Å². The van der Waals surface area contributed by atoms with Crippen LogP contribution < -0.4 is 10.0 Å². The van der Waals surface area contributed by atoms with E-state index in [0.29, 0.717) is 36.7 Å². The zero-order chi connectivity index (χ0) is 13.3. The van der Waals surface area contributed by atoms with Gasteiger partial charge < -0.3 is 4.90 Å². The van der Waals surface area contributed by atoms with Gasteiger partial charge in [-0.15, -0.1) is 0 Å². The van der Waals surface area contributed by atoms with Crippen molar-refractivity contribution in [1.82, 2.24) is 8.68 Å². The van der Waals surface area contributed by atoms with Gasteiger partial charge in [0.2, 0.25) is 0 Å². The van der Waals surface area contributed by atoms with Crippen molar-refractivity contribution < 1.29 is 8.42 Å². The maximum absolute atomic E-state index is 11.2. The van der Waals surface area contributed by atoms with Crippen LogP contribution in [-0.4, -0.2) is 43.3 Å². The molecule has 2 heterocycles. The number of nitriles is 1. The third kappa shape index (κ3) is 2.57. The summed E-state index contributed by atoms with van der Waals surface area (Å²) in [4.78, 5) is 1.89. The summed E-state index contributed by atoms with van der Waals surface area (Å²) in [5.74, 6) is 0. The van der Waals surface area contributed by atoms with E-state index in [-0.39, 0.29) is 5.15 Å². The van der Waals surface area contributed by atoms with Gasteiger partial charge in [-0.25, -0.2) is 5.14 Å². The Morgan fingerprint density at radius 1 is 1.39 bits per heavy atom. The molecule has 0 bridgehead atoms. The fourth-order valence-electron chi connectivity index (χ4n) is 1.72. The normalized spacial score (nSPS) is 17.7. The van der Waals surface area contributed by atoms with E-state index in [1.54, 1.807) is 0 Å². The predicted octanol–water partition coefficient (Wildman–Crippen LogP) is -0.00632. The van der Waals surface area contributed by atoms with Crippen LogP contribution >= 0.6 is 23.1 Å². The topological polar surface area (TPSA) is 103 Å². The van der Waals surface area contributed by atoms with Gasteiger partial charge in [-0.05, 0) is 11.5 Å². The lowest BCUT2D eigenvalue weighted by Gasteiger charge is -2.33. The Morgan fingerprint density at radius 3 is 2.50 bits per heavy atom. The Hall–Kier alpha value is -0.920. The average molecular weight is 308 g/mol. The number of piperazine rings is 1. The highest BCUT2D eigenvalue weighted by Gasteiger charge is 2.27. The van der Waals surface area contributed by atoms with E-state index in [9.17, 15) is 8.42 Å². The van der Waals surface area contributed by atoms with Crippen LogP contribution in [0.15, 0.2) is 0 Å². The number of anilines is 1. The second kappa shape index (κ2) is 4.99. The Labute approximate surface area is 114 Å². The van der Waals surface area contributed by atoms with Gasteiger partial charge in [0, 0.05) is 26.2 Å². The van der Waals surface area contributed by atoms with Crippen molar-refractivity contribution in [2.75, 3.05) is 31.1 Å². The molecule has 1 aliphatic rings. The lowest BCUT2D eigenvalue weighted by atomic mass is 10.3. The first kappa shape index (κ1) is 13.5. The van der Waals surface area contributed by atoms with E-state index in [1.807, 2.05) is 11.0 Å². The summed E-state index contributed by atoms with van der Waals surface area (Å²) < 4.78 is 27.4. The van der Waals surface area contributed by atoms with Crippen LogP contribution in [0.1, 0.15) is 5.56 Å². The maximum Gasteiger partial charge on any atom is 0.277 e. The Kier molecular flexibility index (Phi) is 3.74. The van der Waals surface area contributed by atoms with Gasteiger partial charge in [0.25, 0.3) is 10.2 Å². The molecule has 2 rings (SSSR count). The lowest BCUT2D eigenvalue weighted by molar-refractivity contribution is 0.386. The second-order valence-electron chi connectivity index (χ2n) is 3.70. The molecule has 0 aromatic carbocycles. The van der Waals surface area contributed by atoms with Gasteiger partial charge in [-0.1, -0.05) is 11.6 Å². The first-order valence-corrected chi connectivity index (χ1v) is 7.67. The minimum absolute atomic E-state index is 0.186. The quantitative estimate of drug-likeness (QED) is 0.828. The standard InChI is InChI=1S/C8H10ClN5O2S2/c9-7-6(5-10)8(17-12-7)13-1-3-14(4-2-13)18(11,15)16/h1-4H2,(H2,11,15,16).